The molecule has 4 nitrogen and oxygen atoms in total. The average Bonchev–Trinajstić information content (AvgIpc) is 3.59. The SMILES string of the molecule is C=C/C=C\c1ccc2c(c1)oc1c(-c3nc(-c4ccc(C)cc4)nc(-c4ccc(C)cc4)n3)ccc(-c3cccc(-c4cccc5ccccc45)c3)c12. The average molecular weight is 682 g/mol. The zero-order valence-corrected chi connectivity index (χ0v) is 29.5. The molecule has 0 N–H and O–H groups in total. The van der Waals surface area contributed by atoms with E-state index < -0.39 is 0 Å². The quantitative estimate of drug-likeness (QED) is 0.157. The van der Waals surface area contributed by atoms with Gasteiger partial charge in [0.25, 0.3) is 0 Å². The van der Waals surface area contributed by atoms with Gasteiger partial charge in [0.05, 0.1) is 5.56 Å². The summed E-state index contributed by atoms with van der Waals surface area (Å²) >= 11 is 0. The highest BCUT2D eigenvalue weighted by Gasteiger charge is 2.21. The minimum Gasteiger partial charge on any atom is -0.455 e. The summed E-state index contributed by atoms with van der Waals surface area (Å²) in [4.78, 5) is 15.2. The Balaban J connectivity index is 1.28. The van der Waals surface area contributed by atoms with Crippen molar-refractivity contribution in [1.82, 2.24) is 15.0 Å². The van der Waals surface area contributed by atoms with Crippen molar-refractivity contribution >= 4 is 38.8 Å². The maximum atomic E-state index is 6.86. The molecule has 0 spiro atoms. The largest absolute Gasteiger partial charge is 0.455 e. The Morgan fingerprint density at radius 1 is 0.509 bits per heavy atom. The Kier molecular flexibility index (Phi) is 8.06. The number of benzene rings is 7. The molecule has 0 aliphatic heterocycles. The first-order valence-electron chi connectivity index (χ1n) is 17.8. The van der Waals surface area contributed by atoms with E-state index >= 15 is 0 Å². The van der Waals surface area contributed by atoms with E-state index in [2.05, 4.69) is 166 Å². The van der Waals surface area contributed by atoms with E-state index in [1.165, 1.54) is 27.5 Å². The second kappa shape index (κ2) is 13.3. The van der Waals surface area contributed by atoms with Gasteiger partial charge in [-0.05, 0) is 76.7 Å². The van der Waals surface area contributed by atoms with Gasteiger partial charge < -0.3 is 4.42 Å². The molecule has 0 saturated carbocycles. The van der Waals surface area contributed by atoms with Crippen molar-refractivity contribution in [2.75, 3.05) is 0 Å². The fourth-order valence-corrected chi connectivity index (χ4v) is 7.09. The third-order valence-electron chi connectivity index (χ3n) is 9.84. The lowest BCUT2D eigenvalue weighted by atomic mass is 9.92. The summed E-state index contributed by atoms with van der Waals surface area (Å²) in [6.07, 6.45) is 5.74. The van der Waals surface area contributed by atoms with Crippen molar-refractivity contribution in [2.45, 2.75) is 13.8 Å². The fraction of sp³-hybridized carbons (Fsp3) is 0.0408. The second-order valence-electron chi connectivity index (χ2n) is 13.5. The second-order valence-corrected chi connectivity index (χ2v) is 13.5. The van der Waals surface area contributed by atoms with Gasteiger partial charge in [-0.3, -0.25) is 0 Å². The smallest absolute Gasteiger partial charge is 0.167 e. The van der Waals surface area contributed by atoms with Crippen molar-refractivity contribution in [2.24, 2.45) is 0 Å². The number of hydrogen-bond donors (Lipinski definition) is 0. The summed E-state index contributed by atoms with van der Waals surface area (Å²) in [5, 5.41) is 4.48. The van der Waals surface area contributed by atoms with Crippen LogP contribution in [0.4, 0.5) is 0 Å². The lowest BCUT2D eigenvalue weighted by Crippen LogP contribution is -2.00. The normalized spacial score (nSPS) is 11.6. The molecular formula is C49H35N3O. The molecule has 0 unspecified atom stereocenters. The number of aryl methyl sites for hydroxylation is 2. The van der Waals surface area contributed by atoms with E-state index in [1.807, 2.05) is 12.2 Å². The Labute approximate surface area is 308 Å². The molecule has 0 bridgehead atoms. The summed E-state index contributed by atoms with van der Waals surface area (Å²) in [5.74, 6) is 1.77. The van der Waals surface area contributed by atoms with Gasteiger partial charge in [-0.1, -0.05) is 157 Å². The van der Waals surface area contributed by atoms with Crippen molar-refractivity contribution in [3.05, 3.63) is 181 Å². The van der Waals surface area contributed by atoms with Crippen LogP contribution < -0.4 is 0 Å². The first kappa shape index (κ1) is 32.0. The molecule has 7 aromatic carbocycles. The summed E-state index contributed by atoms with van der Waals surface area (Å²) in [6.45, 7) is 8.01. The molecule has 4 heteroatoms. The molecule has 0 radical (unpaired) electrons. The van der Waals surface area contributed by atoms with E-state index in [9.17, 15) is 0 Å². The predicted octanol–water partition coefficient (Wildman–Crippen LogP) is 13.1. The van der Waals surface area contributed by atoms with Crippen molar-refractivity contribution in [3.63, 3.8) is 0 Å². The highest BCUT2D eigenvalue weighted by Crippen LogP contribution is 2.43. The van der Waals surface area contributed by atoms with Crippen molar-refractivity contribution in [1.29, 1.82) is 0 Å². The zero-order valence-electron chi connectivity index (χ0n) is 29.5. The van der Waals surface area contributed by atoms with Gasteiger partial charge in [-0.25, -0.2) is 15.0 Å². The zero-order chi connectivity index (χ0) is 35.9. The molecular weight excluding hydrogens is 647 g/mol. The summed E-state index contributed by atoms with van der Waals surface area (Å²) in [6, 6.07) is 51.0. The molecule has 0 saturated heterocycles. The molecule has 9 aromatic rings. The molecule has 0 aliphatic carbocycles. The standard InChI is InChI=1S/C49H35N3O/c1-4-5-10-33-21-26-42-44(29-33)53-46-43(49-51-47(35-22-17-31(2)18-23-35)50-48(52-49)36-24-19-32(3)20-25-36)28-27-41(45(42)46)38-14-8-13-37(30-38)40-16-9-12-34-11-6-7-15-39(34)40/h4-30H,1H2,2-3H3/b10-5-. The molecule has 0 aliphatic rings. The van der Waals surface area contributed by atoms with Crippen LogP contribution in [-0.4, -0.2) is 15.0 Å². The Bertz CT molecular complexity index is 2790. The van der Waals surface area contributed by atoms with E-state index in [1.54, 1.807) is 6.08 Å². The molecule has 9 rings (SSSR count). The summed E-state index contributed by atoms with van der Waals surface area (Å²) < 4.78 is 6.86. The number of nitrogens with zero attached hydrogens (tertiary/aromatic N) is 3. The topological polar surface area (TPSA) is 51.8 Å². The molecule has 53 heavy (non-hydrogen) atoms. The van der Waals surface area contributed by atoms with E-state index in [0.29, 0.717) is 17.5 Å². The minimum atomic E-state index is 0.554. The Morgan fingerprint density at radius 3 is 1.85 bits per heavy atom. The molecule has 0 amide bonds. The lowest BCUT2D eigenvalue weighted by molar-refractivity contribution is 0.669. The van der Waals surface area contributed by atoms with Crippen molar-refractivity contribution < 1.29 is 4.42 Å². The first-order chi connectivity index (χ1) is 26.0. The van der Waals surface area contributed by atoms with Gasteiger partial charge in [0.2, 0.25) is 0 Å². The molecule has 252 valence electrons. The first-order valence-corrected chi connectivity index (χ1v) is 17.8. The highest BCUT2D eigenvalue weighted by atomic mass is 16.3. The number of fused-ring (bicyclic) bond motifs is 4. The lowest BCUT2D eigenvalue weighted by Gasteiger charge is -2.12. The summed E-state index contributed by atoms with van der Waals surface area (Å²) in [7, 11) is 0. The fourth-order valence-electron chi connectivity index (χ4n) is 7.09. The Hall–Kier alpha value is -6.91. The predicted molar refractivity (Wildman–Crippen MR) is 220 cm³/mol. The van der Waals surface area contributed by atoms with Crippen LogP contribution in [0, 0.1) is 13.8 Å². The van der Waals surface area contributed by atoms with Crippen LogP contribution in [0.5, 0.6) is 0 Å². The monoisotopic (exact) mass is 681 g/mol. The number of allylic oxidation sites excluding steroid dienone is 2. The van der Waals surface area contributed by atoms with Crippen LogP contribution >= 0.6 is 0 Å². The van der Waals surface area contributed by atoms with Crippen LogP contribution in [0.15, 0.2) is 169 Å². The highest BCUT2D eigenvalue weighted by molar-refractivity contribution is 6.16. The molecule has 2 heterocycles. The van der Waals surface area contributed by atoms with Crippen LogP contribution in [0.3, 0.4) is 0 Å². The molecule has 2 aromatic heterocycles. The Morgan fingerprint density at radius 2 is 1.13 bits per heavy atom. The molecule has 0 fully saturated rings. The number of aromatic nitrogens is 3. The van der Waals surface area contributed by atoms with Crippen LogP contribution in [0.1, 0.15) is 16.7 Å². The van der Waals surface area contributed by atoms with Gasteiger partial charge >= 0.3 is 0 Å². The third kappa shape index (κ3) is 6.00. The van der Waals surface area contributed by atoms with Gasteiger partial charge in [-0.15, -0.1) is 0 Å². The maximum absolute atomic E-state index is 6.86. The van der Waals surface area contributed by atoms with E-state index in [0.717, 1.165) is 60.9 Å². The van der Waals surface area contributed by atoms with Crippen LogP contribution in [-0.2, 0) is 0 Å². The van der Waals surface area contributed by atoms with E-state index in [4.69, 9.17) is 19.4 Å². The third-order valence-corrected chi connectivity index (χ3v) is 9.84. The van der Waals surface area contributed by atoms with Gasteiger partial charge in [0, 0.05) is 21.9 Å². The van der Waals surface area contributed by atoms with Gasteiger partial charge in [-0.2, -0.15) is 0 Å². The minimum absolute atomic E-state index is 0.554. The van der Waals surface area contributed by atoms with Crippen molar-refractivity contribution in [3.8, 4) is 56.4 Å². The van der Waals surface area contributed by atoms with Gasteiger partial charge in [0.1, 0.15) is 11.2 Å². The number of hydrogen-bond acceptors (Lipinski definition) is 4. The van der Waals surface area contributed by atoms with Gasteiger partial charge in [0.15, 0.2) is 17.5 Å². The van der Waals surface area contributed by atoms with Crippen LogP contribution in [0.2, 0.25) is 0 Å². The summed E-state index contributed by atoms with van der Waals surface area (Å²) in [5.41, 5.74) is 12.1. The van der Waals surface area contributed by atoms with E-state index in [-0.39, 0.29) is 0 Å². The maximum Gasteiger partial charge on any atom is 0.167 e. The number of rotatable bonds is 7. The van der Waals surface area contributed by atoms with Crippen LogP contribution in [0.25, 0.3) is 95.2 Å². The molecule has 0 atom stereocenters. The number of furan rings is 1.